The highest BCUT2D eigenvalue weighted by Gasteiger charge is 2.45. The molecule has 32 heavy (non-hydrogen) atoms. The molecular weight excluding hydrogens is 412 g/mol. The van der Waals surface area contributed by atoms with Crippen molar-refractivity contribution in [3.05, 3.63) is 36.5 Å². The second kappa shape index (κ2) is 14.4. The molecule has 0 saturated carbocycles. The Morgan fingerprint density at radius 1 is 1.12 bits per heavy atom. The number of ether oxygens (including phenoxy) is 3. The first-order valence-electron chi connectivity index (χ1n) is 11.2. The summed E-state index contributed by atoms with van der Waals surface area (Å²) in [5, 5.41) is 0. The summed E-state index contributed by atoms with van der Waals surface area (Å²) in [6.07, 6.45) is 15.4. The second-order valence-corrected chi connectivity index (χ2v) is 7.93. The number of methoxy groups -OCH3 is 1. The van der Waals surface area contributed by atoms with Gasteiger partial charge in [-0.15, -0.1) is 0 Å². The van der Waals surface area contributed by atoms with Gasteiger partial charge in [-0.1, -0.05) is 38.0 Å². The summed E-state index contributed by atoms with van der Waals surface area (Å²) in [5.74, 6) is -2.00. The fourth-order valence-corrected chi connectivity index (χ4v) is 3.67. The molecule has 1 unspecified atom stereocenters. The molecule has 0 aromatic rings. The number of carbonyl (C=O) groups is 4. The molecule has 1 aliphatic rings. The van der Waals surface area contributed by atoms with Gasteiger partial charge >= 0.3 is 17.9 Å². The van der Waals surface area contributed by atoms with Gasteiger partial charge in [0.05, 0.1) is 13.0 Å². The van der Waals surface area contributed by atoms with Crippen molar-refractivity contribution < 1.29 is 33.4 Å². The lowest BCUT2D eigenvalue weighted by molar-refractivity contribution is -0.157. The minimum absolute atomic E-state index is 0.100. The topological polar surface area (TPSA) is 96.0 Å². The van der Waals surface area contributed by atoms with Crippen LogP contribution in [0.2, 0.25) is 0 Å². The fraction of sp³-hybridized carbons (Fsp3) is 0.600. The van der Waals surface area contributed by atoms with Gasteiger partial charge in [-0.25, -0.2) is 0 Å². The standard InChI is InChI=1S/C25H36O7/c1-5-6-7-8-9-10-17-25(32-20(3)27)18-16-23(28)22(25)13-11-12-21(31-19(2)26)14-15-24(29)30-4/h9-12,16,18,21-22H,5-8,13-15,17H2,1-4H3/b10-9-,12-11+/t21?,22-,25+/m1/s1. The highest BCUT2D eigenvalue weighted by molar-refractivity contribution is 5.96. The maximum Gasteiger partial charge on any atom is 0.305 e. The molecule has 0 radical (unpaired) electrons. The Balaban J connectivity index is 2.89. The third kappa shape index (κ3) is 9.62. The molecule has 0 N–H and O–H groups in total. The Labute approximate surface area is 190 Å². The Morgan fingerprint density at radius 3 is 2.50 bits per heavy atom. The van der Waals surface area contributed by atoms with Crippen LogP contribution in [-0.4, -0.2) is 42.5 Å². The van der Waals surface area contributed by atoms with E-state index in [-0.39, 0.29) is 18.6 Å². The van der Waals surface area contributed by atoms with Gasteiger partial charge in [0, 0.05) is 26.7 Å². The fourth-order valence-electron chi connectivity index (χ4n) is 3.67. The van der Waals surface area contributed by atoms with Crippen molar-refractivity contribution in [3.63, 3.8) is 0 Å². The molecule has 0 amide bonds. The van der Waals surface area contributed by atoms with Gasteiger partial charge in [-0.2, -0.15) is 0 Å². The zero-order valence-corrected chi connectivity index (χ0v) is 19.6. The Morgan fingerprint density at radius 2 is 1.88 bits per heavy atom. The van der Waals surface area contributed by atoms with Crippen LogP contribution in [0.15, 0.2) is 36.5 Å². The molecule has 0 aromatic heterocycles. The van der Waals surface area contributed by atoms with E-state index in [0.29, 0.717) is 12.8 Å². The average molecular weight is 449 g/mol. The molecule has 0 bridgehead atoms. The molecule has 0 heterocycles. The van der Waals surface area contributed by atoms with Gasteiger partial charge < -0.3 is 14.2 Å². The molecule has 7 heteroatoms. The number of unbranched alkanes of at least 4 members (excludes halogenated alkanes) is 3. The largest absolute Gasteiger partial charge is 0.469 e. The van der Waals surface area contributed by atoms with Crippen molar-refractivity contribution in [2.24, 2.45) is 5.92 Å². The minimum Gasteiger partial charge on any atom is -0.469 e. The van der Waals surface area contributed by atoms with Crippen LogP contribution in [0.4, 0.5) is 0 Å². The second-order valence-electron chi connectivity index (χ2n) is 7.93. The van der Waals surface area contributed by atoms with E-state index in [0.717, 1.165) is 25.7 Å². The predicted molar refractivity (Wildman–Crippen MR) is 121 cm³/mol. The highest BCUT2D eigenvalue weighted by Crippen LogP contribution is 2.37. The lowest BCUT2D eigenvalue weighted by Gasteiger charge is -2.32. The first-order valence-corrected chi connectivity index (χ1v) is 11.2. The van der Waals surface area contributed by atoms with Crippen LogP contribution in [0, 0.1) is 5.92 Å². The van der Waals surface area contributed by atoms with Crippen molar-refractivity contribution in [3.8, 4) is 0 Å². The zero-order chi connectivity index (χ0) is 24.0. The van der Waals surface area contributed by atoms with Crippen LogP contribution < -0.4 is 0 Å². The van der Waals surface area contributed by atoms with Crippen LogP contribution in [0.1, 0.15) is 72.1 Å². The molecule has 0 aromatic carbocycles. The maximum atomic E-state index is 12.6. The summed E-state index contributed by atoms with van der Waals surface area (Å²) < 4.78 is 15.5. The van der Waals surface area contributed by atoms with Crippen LogP contribution >= 0.6 is 0 Å². The zero-order valence-electron chi connectivity index (χ0n) is 19.6. The van der Waals surface area contributed by atoms with Gasteiger partial charge in [0.1, 0.15) is 11.7 Å². The van der Waals surface area contributed by atoms with Crippen molar-refractivity contribution in [2.45, 2.75) is 83.8 Å². The monoisotopic (exact) mass is 448 g/mol. The molecule has 0 spiro atoms. The van der Waals surface area contributed by atoms with Crippen LogP contribution in [0.25, 0.3) is 0 Å². The van der Waals surface area contributed by atoms with Crippen LogP contribution in [0.3, 0.4) is 0 Å². The lowest BCUT2D eigenvalue weighted by Crippen LogP contribution is -2.40. The molecular formula is C25H36O7. The van der Waals surface area contributed by atoms with Gasteiger partial charge in [0.25, 0.3) is 0 Å². The number of rotatable bonds is 14. The Bertz CT molecular complexity index is 735. The molecule has 1 aliphatic carbocycles. The first kappa shape index (κ1) is 27.3. The Hall–Kier alpha value is -2.70. The SMILES string of the molecule is CCCCC/C=C\C[C@]1(OC(C)=O)C=CC(=O)[C@H]1C/C=C/C(CCC(=O)OC)OC(C)=O. The van der Waals surface area contributed by atoms with Crippen molar-refractivity contribution in [1.82, 2.24) is 0 Å². The summed E-state index contributed by atoms with van der Waals surface area (Å²) >= 11 is 0. The molecule has 3 atom stereocenters. The maximum absolute atomic E-state index is 12.6. The van der Waals surface area contributed by atoms with Gasteiger partial charge in [0.15, 0.2) is 5.78 Å². The number of hydrogen-bond donors (Lipinski definition) is 0. The number of allylic oxidation sites excluding steroid dienone is 3. The van der Waals surface area contributed by atoms with E-state index in [4.69, 9.17) is 9.47 Å². The van der Waals surface area contributed by atoms with Gasteiger partial charge in [-0.3, -0.25) is 19.2 Å². The van der Waals surface area contributed by atoms with E-state index in [1.165, 1.54) is 27.0 Å². The van der Waals surface area contributed by atoms with E-state index in [1.807, 2.05) is 6.08 Å². The number of esters is 3. The lowest BCUT2D eigenvalue weighted by atomic mass is 9.83. The number of hydrogen-bond acceptors (Lipinski definition) is 7. The van der Waals surface area contributed by atoms with Gasteiger partial charge in [-0.05, 0) is 43.9 Å². The van der Waals surface area contributed by atoms with E-state index in [2.05, 4.69) is 17.7 Å². The molecule has 1 rings (SSSR count). The van der Waals surface area contributed by atoms with E-state index in [1.54, 1.807) is 18.2 Å². The molecule has 0 fully saturated rings. The van der Waals surface area contributed by atoms with E-state index >= 15 is 0 Å². The smallest absolute Gasteiger partial charge is 0.305 e. The minimum atomic E-state index is -1.03. The number of carbonyl (C=O) groups excluding carboxylic acids is 4. The summed E-state index contributed by atoms with van der Waals surface area (Å²) in [4.78, 5) is 47.2. The van der Waals surface area contributed by atoms with Crippen molar-refractivity contribution in [1.29, 1.82) is 0 Å². The third-order valence-electron chi connectivity index (χ3n) is 5.28. The third-order valence-corrected chi connectivity index (χ3v) is 5.28. The van der Waals surface area contributed by atoms with E-state index in [9.17, 15) is 19.2 Å². The quantitative estimate of drug-likeness (QED) is 0.168. The molecule has 0 saturated heterocycles. The normalized spacial score (nSPS) is 21.2. The highest BCUT2D eigenvalue weighted by atomic mass is 16.6. The summed E-state index contributed by atoms with van der Waals surface area (Å²) in [5.41, 5.74) is -1.03. The van der Waals surface area contributed by atoms with Crippen molar-refractivity contribution in [2.75, 3.05) is 7.11 Å². The Kier molecular flexibility index (Phi) is 12.3. The first-order chi connectivity index (χ1) is 15.2. The average Bonchev–Trinajstić information content (AvgIpc) is 3.03. The number of ketones is 1. The van der Waals surface area contributed by atoms with Crippen molar-refractivity contribution >= 4 is 23.7 Å². The van der Waals surface area contributed by atoms with Crippen LogP contribution in [0.5, 0.6) is 0 Å². The summed E-state index contributed by atoms with van der Waals surface area (Å²) in [6, 6.07) is 0. The van der Waals surface area contributed by atoms with Gasteiger partial charge in [0.2, 0.25) is 0 Å². The summed E-state index contributed by atoms with van der Waals surface area (Å²) in [7, 11) is 1.30. The van der Waals surface area contributed by atoms with Crippen LogP contribution in [-0.2, 0) is 33.4 Å². The molecule has 0 aliphatic heterocycles. The molecule has 7 nitrogen and oxygen atoms in total. The van der Waals surface area contributed by atoms with E-state index < -0.39 is 35.5 Å². The summed E-state index contributed by atoms with van der Waals surface area (Å²) in [6.45, 7) is 4.77. The molecule has 178 valence electrons. The predicted octanol–water partition coefficient (Wildman–Crippen LogP) is 4.40.